The number of hydrogen-bond donors (Lipinski definition) is 2. The summed E-state index contributed by atoms with van der Waals surface area (Å²) in [5.41, 5.74) is 0. The molecule has 0 aliphatic heterocycles. The summed E-state index contributed by atoms with van der Waals surface area (Å²) in [5.74, 6) is 0.362. The lowest BCUT2D eigenvalue weighted by atomic mass is 10.0. The third-order valence-electron chi connectivity index (χ3n) is 2.62. The number of rotatable bonds is 6. The molecule has 0 radical (unpaired) electrons. The highest BCUT2D eigenvalue weighted by Gasteiger charge is 2.11. The SMILES string of the molecule is CCC(C)C(O)CNCc1cnc(C)s1. The Morgan fingerprint density at radius 2 is 2.33 bits per heavy atom. The Labute approximate surface area is 95.6 Å². The molecule has 1 heterocycles. The predicted octanol–water partition coefficient (Wildman–Crippen LogP) is 1.95. The van der Waals surface area contributed by atoms with Gasteiger partial charge in [-0.05, 0) is 12.8 Å². The van der Waals surface area contributed by atoms with Crippen LogP contribution in [0, 0.1) is 12.8 Å². The van der Waals surface area contributed by atoms with Crippen LogP contribution < -0.4 is 5.32 Å². The molecule has 3 nitrogen and oxygen atoms in total. The van der Waals surface area contributed by atoms with Crippen molar-refractivity contribution >= 4 is 11.3 Å². The van der Waals surface area contributed by atoms with E-state index >= 15 is 0 Å². The highest BCUT2D eigenvalue weighted by atomic mass is 32.1. The Kier molecular flexibility index (Phi) is 5.22. The fourth-order valence-electron chi connectivity index (χ4n) is 1.30. The second kappa shape index (κ2) is 6.20. The van der Waals surface area contributed by atoms with Gasteiger partial charge in [-0.1, -0.05) is 20.3 Å². The minimum atomic E-state index is -0.246. The highest BCUT2D eigenvalue weighted by Crippen LogP contribution is 2.11. The number of thiazole rings is 1. The second-order valence-corrected chi connectivity index (χ2v) is 5.25. The van der Waals surface area contributed by atoms with Crippen LogP contribution in [0.3, 0.4) is 0 Å². The van der Waals surface area contributed by atoms with Crippen molar-refractivity contribution in [3.05, 3.63) is 16.1 Å². The first kappa shape index (κ1) is 12.6. The van der Waals surface area contributed by atoms with Crippen molar-refractivity contribution in [3.63, 3.8) is 0 Å². The molecule has 2 unspecified atom stereocenters. The molecule has 1 aromatic rings. The summed E-state index contributed by atoms with van der Waals surface area (Å²) in [6.45, 7) is 7.64. The minimum Gasteiger partial charge on any atom is -0.392 e. The average molecular weight is 228 g/mol. The van der Waals surface area contributed by atoms with Gasteiger partial charge in [0, 0.05) is 24.2 Å². The van der Waals surface area contributed by atoms with E-state index in [-0.39, 0.29) is 6.10 Å². The van der Waals surface area contributed by atoms with Crippen molar-refractivity contribution in [2.24, 2.45) is 5.92 Å². The van der Waals surface area contributed by atoms with E-state index in [2.05, 4.69) is 24.1 Å². The van der Waals surface area contributed by atoms with E-state index in [1.807, 2.05) is 13.1 Å². The first-order valence-corrected chi connectivity index (χ1v) is 6.25. The van der Waals surface area contributed by atoms with Crippen LogP contribution in [0.2, 0.25) is 0 Å². The second-order valence-electron chi connectivity index (χ2n) is 3.93. The molecule has 15 heavy (non-hydrogen) atoms. The number of aliphatic hydroxyl groups is 1. The van der Waals surface area contributed by atoms with E-state index in [9.17, 15) is 5.11 Å². The van der Waals surface area contributed by atoms with Gasteiger partial charge >= 0.3 is 0 Å². The van der Waals surface area contributed by atoms with E-state index in [1.165, 1.54) is 4.88 Å². The van der Waals surface area contributed by atoms with Gasteiger partial charge in [0.2, 0.25) is 0 Å². The molecular formula is C11H20N2OS. The number of hydrogen-bond acceptors (Lipinski definition) is 4. The number of nitrogens with zero attached hydrogens (tertiary/aromatic N) is 1. The molecule has 0 bridgehead atoms. The van der Waals surface area contributed by atoms with Crippen LogP contribution in [0.15, 0.2) is 6.20 Å². The van der Waals surface area contributed by atoms with Gasteiger partial charge in [-0.3, -0.25) is 0 Å². The molecule has 0 saturated heterocycles. The number of nitrogens with one attached hydrogen (secondary N) is 1. The van der Waals surface area contributed by atoms with Crippen LogP contribution in [0.4, 0.5) is 0 Å². The predicted molar refractivity (Wildman–Crippen MR) is 64.0 cm³/mol. The number of aliphatic hydroxyl groups excluding tert-OH is 1. The molecule has 0 aliphatic rings. The van der Waals surface area contributed by atoms with Gasteiger partial charge < -0.3 is 10.4 Å². The van der Waals surface area contributed by atoms with Gasteiger partial charge in [0.05, 0.1) is 11.1 Å². The van der Waals surface area contributed by atoms with Gasteiger partial charge in [0.15, 0.2) is 0 Å². The zero-order valence-electron chi connectivity index (χ0n) is 9.66. The molecule has 0 saturated carbocycles. The number of aromatic nitrogens is 1. The Balaban J connectivity index is 2.21. The van der Waals surface area contributed by atoms with Crippen molar-refractivity contribution < 1.29 is 5.11 Å². The molecule has 1 rings (SSSR count). The molecule has 0 spiro atoms. The third-order valence-corrected chi connectivity index (χ3v) is 3.54. The standard InChI is InChI=1S/C11H20N2OS/c1-4-8(2)11(14)7-12-5-10-6-13-9(3)15-10/h6,8,11-12,14H,4-5,7H2,1-3H3. The molecule has 0 fully saturated rings. The lowest BCUT2D eigenvalue weighted by molar-refractivity contribution is 0.113. The largest absolute Gasteiger partial charge is 0.392 e. The van der Waals surface area contributed by atoms with Gasteiger partial charge in [-0.25, -0.2) is 4.98 Å². The van der Waals surface area contributed by atoms with E-state index < -0.39 is 0 Å². The molecule has 0 aliphatic carbocycles. The Morgan fingerprint density at radius 3 is 2.87 bits per heavy atom. The summed E-state index contributed by atoms with van der Waals surface area (Å²) in [7, 11) is 0. The van der Waals surface area contributed by atoms with E-state index in [1.54, 1.807) is 11.3 Å². The summed E-state index contributed by atoms with van der Waals surface area (Å²) in [6.07, 6.45) is 2.66. The molecule has 0 aromatic carbocycles. The summed E-state index contributed by atoms with van der Waals surface area (Å²) in [4.78, 5) is 5.41. The van der Waals surface area contributed by atoms with Crippen LogP contribution in [0.25, 0.3) is 0 Å². The van der Waals surface area contributed by atoms with Crippen LogP contribution >= 0.6 is 11.3 Å². The van der Waals surface area contributed by atoms with Crippen LogP contribution in [-0.2, 0) is 6.54 Å². The van der Waals surface area contributed by atoms with E-state index in [4.69, 9.17) is 0 Å². The quantitative estimate of drug-likeness (QED) is 0.782. The lowest BCUT2D eigenvalue weighted by Gasteiger charge is -2.17. The van der Waals surface area contributed by atoms with Gasteiger partial charge in [0.25, 0.3) is 0 Å². The first-order valence-electron chi connectivity index (χ1n) is 5.43. The van der Waals surface area contributed by atoms with Crippen molar-refractivity contribution in [2.75, 3.05) is 6.54 Å². The smallest absolute Gasteiger partial charge is 0.0897 e. The maximum atomic E-state index is 9.73. The van der Waals surface area contributed by atoms with Gasteiger partial charge in [0.1, 0.15) is 0 Å². The topological polar surface area (TPSA) is 45.1 Å². The molecule has 1 aromatic heterocycles. The van der Waals surface area contributed by atoms with Crippen LogP contribution in [0.1, 0.15) is 30.2 Å². The summed E-state index contributed by atoms with van der Waals surface area (Å²) in [6, 6.07) is 0. The zero-order chi connectivity index (χ0) is 11.3. The summed E-state index contributed by atoms with van der Waals surface area (Å²) in [5, 5.41) is 14.1. The maximum Gasteiger partial charge on any atom is 0.0897 e. The van der Waals surface area contributed by atoms with Crippen LogP contribution in [-0.4, -0.2) is 22.7 Å². The highest BCUT2D eigenvalue weighted by molar-refractivity contribution is 7.11. The molecular weight excluding hydrogens is 208 g/mol. The Hall–Kier alpha value is -0.450. The molecule has 2 atom stereocenters. The monoisotopic (exact) mass is 228 g/mol. The van der Waals surface area contributed by atoms with Gasteiger partial charge in [-0.2, -0.15) is 0 Å². The summed E-state index contributed by atoms with van der Waals surface area (Å²) >= 11 is 1.70. The average Bonchev–Trinajstić information content (AvgIpc) is 2.63. The minimum absolute atomic E-state index is 0.246. The first-order chi connectivity index (χ1) is 7.13. The molecule has 4 heteroatoms. The van der Waals surface area contributed by atoms with Gasteiger partial charge in [-0.15, -0.1) is 11.3 Å². The molecule has 0 amide bonds. The zero-order valence-corrected chi connectivity index (χ0v) is 10.5. The van der Waals surface area contributed by atoms with E-state index in [0.29, 0.717) is 12.5 Å². The van der Waals surface area contributed by atoms with Crippen molar-refractivity contribution in [1.82, 2.24) is 10.3 Å². The summed E-state index contributed by atoms with van der Waals surface area (Å²) < 4.78 is 0. The van der Waals surface area contributed by atoms with Crippen LogP contribution in [0.5, 0.6) is 0 Å². The van der Waals surface area contributed by atoms with Crippen molar-refractivity contribution in [2.45, 2.75) is 39.8 Å². The van der Waals surface area contributed by atoms with E-state index in [0.717, 1.165) is 18.0 Å². The Morgan fingerprint density at radius 1 is 1.60 bits per heavy atom. The Bertz CT molecular complexity index is 288. The van der Waals surface area contributed by atoms with Crippen molar-refractivity contribution in [3.8, 4) is 0 Å². The third kappa shape index (κ3) is 4.28. The normalized spacial score (nSPS) is 15.2. The molecule has 86 valence electrons. The van der Waals surface area contributed by atoms with Crippen molar-refractivity contribution in [1.29, 1.82) is 0 Å². The lowest BCUT2D eigenvalue weighted by Crippen LogP contribution is -2.30. The number of aryl methyl sites for hydroxylation is 1. The fraction of sp³-hybridized carbons (Fsp3) is 0.727. The maximum absolute atomic E-state index is 9.73. The fourth-order valence-corrected chi connectivity index (χ4v) is 2.07. The molecule has 2 N–H and O–H groups in total.